The van der Waals surface area contributed by atoms with Crippen molar-refractivity contribution in [3.05, 3.63) is 24.0 Å². The van der Waals surface area contributed by atoms with E-state index in [0.29, 0.717) is 18.2 Å². The summed E-state index contributed by atoms with van der Waals surface area (Å²) < 4.78 is 1.92. The highest BCUT2D eigenvalue weighted by Gasteiger charge is 2.22. The smallest absolute Gasteiger partial charge is 0.214 e. The second-order valence-corrected chi connectivity index (χ2v) is 6.14. The number of Topliss-reactive ketones (excluding diaryl/α,β-unsaturated/α-hetero) is 1. The van der Waals surface area contributed by atoms with E-state index >= 15 is 0 Å². The van der Waals surface area contributed by atoms with E-state index in [0.717, 1.165) is 22.9 Å². The molecule has 21 heavy (non-hydrogen) atoms. The highest BCUT2D eigenvalue weighted by Crippen LogP contribution is 2.33. The lowest BCUT2D eigenvalue weighted by atomic mass is 10.2. The van der Waals surface area contributed by atoms with Gasteiger partial charge in [0.25, 0.3) is 0 Å². The summed E-state index contributed by atoms with van der Waals surface area (Å²) >= 11 is 1.49. The maximum absolute atomic E-state index is 11.6. The zero-order valence-corrected chi connectivity index (χ0v) is 12.7. The molecule has 3 rings (SSSR count). The molecule has 2 aromatic rings. The van der Waals surface area contributed by atoms with E-state index in [1.165, 1.54) is 24.6 Å². The van der Waals surface area contributed by atoms with Crippen LogP contribution in [0.4, 0.5) is 0 Å². The summed E-state index contributed by atoms with van der Waals surface area (Å²) in [7, 11) is 0. The van der Waals surface area contributed by atoms with Crippen molar-refractivity contribution in [1.82, 2.24) is 25.2 Å². The molecule has 6 nitrogen and oxygen atoms in total. The average Bonchev–Trinajstić information content (AvgIpc) is 3.18. The molecular weight excluding hydrogens is 286 g/mol. The van der Waals surface area contributed by atoms with Gasteiger partial charge in [-0.05, 0) is 47.2 Å². The molecule has 1 saturated carbocycles. The third-order valence-corrected chi connectivity index (χ3v) is 4.61. The Morgan fingerprint density at radius 1 is 1.38 bits per heavy atom. The van der Waals surface area contributed by atoms with Gasteiger partial charge in [-0.25, -0.2) is 4.68 Å². The molecule has 1 fully saturated rings. The van der Waals surface area contributed by atoms with Gasteiger partial charge in [-0.3, -0.25) is 9.78 Å². The van der Waals surface area contributed by atoms with Gasteiger partial charge in [0, 0.05) is 17.5 Å². The minimum atomic E-state index is 0.0577. The number of tetrazole rings is 1. The Balaban J connectivity index is 1.75. The molecule has 7 heteroatoms. The van der Waals surface area contributed by atoms with Crippen LogP contribution in [0.3, 0.4) is 0 Å². The molecule has 110 valence electrons. The van der Waals surface area contributed by atoms with Crippen LogP contribution in [0.5, 0.6) is 0 Å². The zero-order chi connectivity index (χ0) is 14.7. The maximum atomic E-state index is 11.6. The minimum absolute atomic E-state index is 0.0577. The first-order valence-electron chi connectivity index (χ1n) is 7.23. The largest absolute Gasteiger partial charge is 0.292 e. The Morgan fingerprint density at radius 2 is 2.19 bits per heavy atom. The SMILES string of the molecule is CCC(=O)c1ccc(Sc2nnnn2C2CCCC2)cn1. The number of pyridine rings is 1. The molecule has 1 aliphatic carbocycles. The van der Waals surface area contributed by atoms with Crippen molar-refractivity contribution in [3.63, 3.8) is 0 Å². The molecular formula is C14H17N5OS. The van der Waals surface area contributed by atoms with Crippen LogP contribution < -0.4 is 0 Å². The van der Waals surface area contributed by atoms with Gasteiger partial charge in [0.05, 0.1) is 6.04 Å². The van der Waals surface area contributed by atoms with Crippen molar-refractivity contribution in [2.45, 2.75) is 55.1 Å². The van der Waals surface area contributed by atoms with Gasteiger partial charge >= 0.3 is 0 Å². The Morgan fingerprint density at radius 3 is 2.86 bits per heavy atom. The molecule has 0 N–H and O–H groups in total. The lowest BCUT2D eigenvalue weighted by Gasteiger charge is -2.10. The van der Waals surface area contributed by atoms with Gasteiger partial charge < -0.3 is 0 Å². The highest BCUT2D eigenvalue weighted by atomic mass is 32.2. The molecule has 0 radical (unpaired) electrons. The summed E-state index contributed by atoms with van der Waals surface area (Å²) in [4.78, 5) is 16.7. The third-order valence-electron chi connectivity index (χ3n) is 3.69. The number of aromatic nitrogens is 5. The summed E-state index contributed by atoms with van der Waals surface area (Å²) in [6, 6.07) is 4.07. The molecule has 0 atom stereocenters. The normalized spacial score (nSPS) is 15.5. The molecule has 0 unspecified atom stereocenters. The number of ketones is 1. The van der Waals surface area contributed by atoms with Crippen LogP contribution >= 0.6 is 11.8 Å². The monoisotopic (exact) mass is 303 g/mol. The van der Waals surface area contributed by atoms with E-state index in [1.54, 1.807) is 12.3 Å². The zero-order valence-electron chi connectivity index (χ0n) is 11.9. The van der Waals surface area contributed by atoms with Gasteiger partial charge in [0.15, 0.2) is 5.78 Å². The molecule has 0 bridgehead atoms. The van der Waals surface area contributed by atoms with E-state index < -0.39 is 0 Å². The summed E-state index contributed by atoms with van der Waals surface area (Å²) in [6.45, 7) is 1.84. The summed E-state index contributed by atoms with van der Waals surface area (Å²) in [5.74, 6) is 0.0577. The molecule has 0 aliphatic heterocycles. The highest BCUT2D eigenvalue weighted by molar-refractivity contribution is 7.99. The third kappa shape index (κ3) is 3.12. The number of nitrogens with zero attached hydrogens (tertiary/aromatic N) is 5. The van der Waals surface area contributed by atoms with Gasteiger partial charge in [-0.2, -0.15) is 0 Å². The van der Waals surface area contributed by atoms with Crippen molar-refractivity contribution in [3.8, 4) is 0 Å². The predicted molar refractivity (Wildman–Crippen MR) is 78.3 cm³/mol. The summed E-state index contributed by atoms with van der Waals surface area (Å²) in [5, 5.41) is 12.8. The molecule has 0 saturated heterocycles. The van der Waals surface area contributed by atoms with E-state index in [-0.39, 0.29) is 5.78 Å². The van der Waals surface area contributed by atoms with E-state index in [1.807, 2.05) is 17.7 Å². The van der Waals surface area contributed by atoms with Crippen molar-refractivity contribution >= 4 is 17.5 Å². The van der Waals surface area contributed by atoms with Crippen molar-refractivity contribution < 1.29 is 4.79 Å². The van der Waals surface area contributed by atoms with Crippen LogP contribution in [0.2, 0.25) is 0 Å². The number of rotatable bonds is 5. The van der Waals surface area contributed by atoms with Crippen LogP contribution in [0.15, 0.2) is 28.4 Å². The minimum Gasteiger partial charge on any atom is -0.292 e. The number of carbonyl (C=O) groups is 1. The second-order valence-electron chi connectivity index (χ2n) is 5.10. The lowest BCUT2D eigenvalue weighted by molar-refractivity contribution is 0.0983. The first kappa shape index (κ1) is 14.2. The average molecular weight is 303 g/mol. The van der Waals surface area contributed by atoms with Crippen LogP contribution in [0.25, 0.3) is 0 Å². The first-order chi connectivity index (χ1) is 10.3. The standard InChI is InChI=1S/C14H17N5OS/c1-2-13(20)12-8-7-11(9-15-12)21-14-16-17-18-19(14)10-5-3-4-6-10/h7-10H,2-6H2,1H3. The molecule has 2 heterocycles. The Kier molecular flexibility index (Phi) is 4.28. The molecule has 0 spiro atoms. The van der Waals surface area contributed by atoms with Gasteiger partial charge in [-0.1, -0.05) is 19.8 Å². The quantitative estimate of drug-likeness (QED) is 0.791. The fraction of sp³-hybridized carbons (Fsp3) is 0.500. The topological polar surface area (TPSA) is 73.6 Å². The Hall–Kier alpha value is -1.76. The molecule has 0 aromatic carbocycles. The van der Waals surface area contributed by atoms with Crippen molar-refractivity contribution in [1.29, 1.82) is 0 Å². The van der Waals surface area contributed by atoms with Crippen molar-refractivity contribution in [2.24, 2.45) is 0 Å². The van der Waals surface area contributed by atoms with E-state index in [9.17, 15) is 4.79 Å². The van der Waals surface area contributed by atoms with E-state index in [4.69, 9.17) is 0 Å². The fourth-order valence-corrected chi connectivity index (χ4v) is 3.33. The van der Waals surface area contributed by atoms with Gasteiger partial charge in [0.1, 0.15) is 5.69 Å². The van der Waals surface area contributed by atoms with Gasteiger partial charge in [0.2, 0.25) is 5.16 Å². The summed E-state index contributed by atoms with van der Waals surface area (Å²) in [6.07, 6.45) is 6.94. The number of hydrogen-bond acceptors (Lipinski definition) is 6. The first-order valence-corrected chi connectivity index (χ1v) is 8.04. The molecule has 0 amide bonds. The van der Waals surface area contributed by atoms with E-state index in [2.05, 4.69) is 20.5 Å². The molecule has 2 aromatic heterocycles. The predicted octanol–water partition coefficient (Wildman–Crippen LogP) is 2.93. The van der Waals surface area contributed by atoms with Crippen LogP contribution in [0.1, 0.15) is 55.6 Å². The lowest BCUT2D eigenvalue weighted by Crippen LogP contribution is -2.08. The Bertz CT molecular complexity index is 619. The Labute approximate surface area is 127 Å². The number of hydrogen-bond donors (Lipinski definition) is 0. The maximum Gasteiger partial charge on any atom is 0.214 e. The van der Waals surface area contributed by atoms with Gasteiger partial charge in [-0.15, -0.1) is 5.10 Å². The fourth-order valence-electron chi connectivity index (χ4n) is 2.52. The molecule has 1 aliphatic rings. The summed E-state index contributed by atoms with van der Waals surface area (Å²) in [5.41, 5.74) is 0.511. The van der Waals surface area contributed by atoms with Crippen LogP contribution in [0, 0.1) is 0 Å². The van der Waals surface area contributed by atoms with Crippen LogP contribution in [-0.4, -0.2) is 31.0 Å². The van der Waals surface area contributed by atoms with Crippen LogP contribution in [-0.2, 0) is 0 Å². The second kappa shape index (κ2) is 6.34. The van der Waals surface area contributed by atoms with Crippen molar-refractivity contribution in [2.75, 3.05) is 0 Å². The number of carbonyl (C=O) groups excluding carboxylic acids is 1.